The third-order valence-electron chi connectivity index (χ3n) is 4.79. The highest BCUT2D eigenvalue weighted by atomic mass is 16.5. The quantitative estimate of drug-likeness (QED) is 0.906. The van der Waals surface area contributed by atoms with Crippen molar-refractivity contribution in [3.8, 4) is 11.5 Å². The van der Waals surface area contributed by atoms with Gasteiger partial charge in [0.25, 0.3) is 0 Å². The summed E-state index contributed by atoms with van der Waals surface area (Å²) in [6.45, 7) is 6.11. The number of aryl methyl sites for hydroxylation is 1. The molecule has 0 spiro atoms. The Morgan fingerprint density at radius 2 is 1.80 bits per heavy atom. The van der Waals surface area contributed by atoms with E-state index in [0.717, 1.165) is 55.4 Å². The van der Waals surface area contributed by atoms with Crippen LogP contribution in [0.3, 0.4) is 0 Å². The molecule has 1 aromatic carbocycles. The molecule has 134 valence electrons. The van der Waals surface area contributed by atoms with Gasteiger partial charge in [0.15, 0.2) is 0 Å². The molecule has 3 rings (SSSR count). The van der Waals surface area contributed by atoms with Gasteiger partial charge in [-0.05, 0) is 43.7 Å². The molecule has 0 aliphatic carbocycles. The maximum atomic E-state index is 5.70. The summed E-state index contributed by atoms with van der Waals surface area (Å²) < 4.78 is 11.4. The monoisotopic (exact) mass is 341 g/mol. The molecule has 1 aromatic heterocycles. The number of benzene rings is 1. The fourth-order valence-electron chi connectivity index (χ4n) is 3.55. The van der Waals surface area contributed by atoms with Crippen molar-refractivity contribution in [2.24, 2.45) is 0 Å². The van der Waals surface area contributed by atoms with E-state index >= 15 is 0 Å². The van der Waals surface area contributed by atoms with Gasteiger partial charge in [-0.15, -0.1) is 0 Å². The molecule has 1 fully saturated rings. The van der Waals surface area contributed by atoms with E-state index in [2.05, 4.69) is 23.2 Å². The van der Waals surface area contributed by atoms with Crippen molar-refractivity contribution < 1.29 is 9.47 Å². The summed E-state index contributed by atoms with van der Waals surface area (Å²) in [6, 6.07) is 10.1. The lowest BCUT2D eigenvalue weighted by atomic mass is 9.96. The number of rotatable bonds is 5. The van der Waals surface area contributed by atoms with Crippen LogP contribution in [-0.4, -0.2) is 50.3 Å². The van der Waals surface area contributed by atoms with E-state index in [1.54, 1.807) is 14.2 Å². The number of hydrogen-bond donors (Lipinski definition) is 1. The Bertz CT molecular complexity index is 675. The molecule has 5 nitrogen and oxygen atoms in total. The van der Waals surface area contributed by atoms with Crippen molar-refractivity contribution in [3.05, 3.63) is 53.3 Å². The zero-order chi connectivity index (χ0) is 17.6. The molecule has 1 unspecified atom stereocenters. The van der Waals surface area contributed by atoms with Crippen LogP contribution in [0.5, 0.6) is 11.5 Å². The average Bonchev–Trinajstić information content (AvgIpc) is 2.93. The van der Waals surface area contributed by atoms with Crippen molar-refractivity contribution in [3.63, 3.8) is 0 Å². The predicted molar refractivity (Wildman–Crippen MR) is 99.4 cm³/mol. The van der Waals surface area contributed by atoms with E-state index in [1.165, 1.54) is 5.56 Å². The summed E-state index contributed by atoms with van der Waals surface area (Å²) in [6.07, 6.45) is 2.98. The fourth-order valence-corrected chi connectivity index (χ4v) is 3.55. The summed E-state index contributed by atoms with van der Waals surface area (Å²) in [5.74, 6) is 1.68. The number of hydrogen-bond acceptors (Lipinski definition) is 5. The zero-order valence-electron chi connectivity index (χ0n) is 15.3. The van der Waals surface area contributed by atoms with Gasteiger partial charge in [-0.25, -0.2) is 0 Å². The van der Waals surface area contributed by atoms with Crippen LogP contribution in [0.25, 0.3) is 0 Å². The van der Waals surface area contributed by atoms with Crippen LogP contribution in [0.4, 0.5) is 0 Å². The summed E-state index contributed by atoms with van der Waals surface area (Å²) in [5.41, 5.74) is 3.29. The lowest BCUT2D eigenvalue weighted by molar-refractivity contribution is 0.226. The highest BCUT2D eigenvalue weighted by molar-refractivity contribution is 5.50. The summed E-state index contributed by atoms with van der Waals surface area (Å²) in [5, 5.41) is 3.48. The van der Waals surface area contributed by atoms with Gasteiger partial charge >= 0.3 is 0 Å². The summed E-state index contributed by atoms with van der Waals surface area (Å²) >= 11 is 0. The summed E-state index contributed by atoms with van der Waals surface area (Å²) in [7, 11) is 3.43. The number of nitrogens with zero attached hydrogens (tertiary/aromatic N) is 2. The van der Waals surface area contributed by atoms with E-state index in [0.29, 0.717) is 0 Å². The normalized spacial score (nSPS) is 16.9. The Labute approximate surface area is 150 Å². The zero-order valence-corrected chi connectivity index (χ0v) is 15.3. The molecule has 2 heterocycles. The summed E-state index contributed by atoms with van der Waals surface area (Å²) in [4.78, 5) is 7.22. The van der Waals surface area contributed by atoms with Gasteiger partial charge in [-0.3, -0.25) is 9.88 Å². The largest absolute Gasteiger partial charge is 0.496 e. The maximum absolute atomic E-state index is 5.70. The van der Waals surface area contributed by atoms with Gasteiger partial charge in [0, 0.05) is 25.8 Å². The second-order valence-corrected chi connectivity index (χ2v) is 6.32. The SMILES string of the molecule is COc1cccc(OC)c1C(c1ncccc1C)N1CCCNCC1. The Hall–Kier alpha value is -2.11. The van der Waals surface area contributed by atoms with Crippen LogP contribution in [-0.2, 0) is 0 Å². The second-order valence-electron chi connectivity index (χ2n) is 6.32. The van der Waals surface area contributed by atoms with Crippen LogP contribution in [0.2, 0.25) is 0 Å². The highest BCUT2D eigenvalue weighted by Gasteiger charge is 2.30. The fraction of sp³-hybridized carbons (Fsp3) is 0.450. The van der Waals surface area contributed by atoms with E-state index in [9.17, 15) is 0 Å². The standard InChI is InChI=1S/C20H27N3O2/c1-15-7-5-11-22-19(15)20(23-13-6-10-21-12-14-23)18-16(24-2)8-4-9-17(18)25-3/h4-5,7-9,11,20-21H,6,10,12-14H2,1-3H3. The van der Waals surface area contributed by atoms with Crippen molar-refractivity contribution in [2.75, 3.05) is 40.4 Å². The Morgan fingerprint density at radius 3 is 2.48 bits per heavy atom. The van der Waals surface area contributed by atoms with Gasteiger partial charge in [0.2, 0.25) is 0 Å². The van der Waals surface area contributed by atoms with Crippen LogP contribution >= 0.6 is 0 Å². The molecule has 5 heteroatoms. The first-order chi connectivity index (χ1) is 12.3. The molecule has 1 atom stereocenters. The minimum absolute atomic E-state index is 0.00667. The van der Waals surface area contributed by atoms with Crippen LogP contribution in [0.1, 0.15) is 29.3 Å². The Kier molecular flexibility index (Phi) is 5.89. The number of ether oxygens (including phenoxy) is 2. The molecule has 25 heavy (non-hydrogen) atoms. The topological polar surface area (TPSA) is 46.6 Å². The van der Waals surface area contributed by atoms with Gasteiger partial charge in [0.05, 0.1) is 31.5 Å². The Balaban J connectivity index is 2.16. The highest BCUT2D eigenvalue weighted by Crippen LogP contribution is 2.41. The molecule has 1 aliphatic rings. The van der Waals surface area contributed by atoms with Gasteiger partial charge in [-0.2, -0.15) is 0 Å². The van der Waals surface area contributed by atoms with Gasteiger partial charge in [-0.1, -0.05) is 12.1 Å². The lowest BCUT2D eigenvalue weighted by Crippen LogP contribution is -2.34. The first-order valence-electron chi connectivity index (χ1n) is 8.83. The third-order valence-corrected chi connectivity index (χ3v) is 4.79. The minimum atomic E-state index is 0.00667. The average molecular weight is 341 g/mol. The van der Waals surface area contributed by atoms with E-state index < -0.39 is 0 Å². The molecule has 2 aromatic rings. The van der Waals surface area contributed by atoms with Gasteiger partial charge < -0.3 is 14.8 Å². The molecule has 0 bridgehead atoms. The molecular weight excluding hydrogens is 314 g/mol. The second kappa shape index (κ2) is 8.32. The number of pyridine rings is 1. The molecule has 0 amide bonds. The number of aromatic nitrogens is 1. The maximum Gasteiger partial charge on any atom is 0.127 e. The van der Waals surface area contributed by atoms with Gasteiger partial charge in [0.1, 0.15) is 11.5 Å². The van der Waals surface area contributed by atoms with E-state index in [-0.39, 0.29) is 6.04 Å². The molecule has 0 radical (unpaired) electrons. The van der Waals surface area contributed by atoms with E-state index in [1.807, 2.05) is 30.5 Å². The van der Waals surface area contributed by atoms with Crippen molar-refractivity contribution >= 4 is 0 Å². The first kappa shape index (κ1) is 17.7. The predicted octanol–water partition coefficient (Wildman–Crippen LogP) is 2.79. The molecule has 1 N–H and O–H groups in total. The minimum Gasteiger partial charge on any atom is -0.496 e. The number of methoxy groups -OCH3 is 2. The number of nitrogens with one attached hydrogen (secondary N) is 1. The molecule has 0 saturated carbocycles. The van der Waals surface area contributed by atoms with Crippen molar-refractivity contribution in [1.82, 2.24) is 15.2 Å². The third kappa shape index (κ3) is 3.78. The molecular formula is C20H27N3O2. The smallest absolute Gasteiger partial charge is 0.127 e. The van der Waals surface area contributed by atoms with Crippen LogP contribution < -0.4 is 14.8 Å². The van der Waals surface area contributed by atoms with Crippen LogP contribution in [0.15, 0.2) is 36.5 Å². The first-order valence-corrected chi connectivity index (χ1v) is 8.83. The van der Waals surface area contributed by atoms with Crippen molar-refractivity contribution in [1.29, 1.82) is 0 Å². The molecule has 1 aliphatic heterocycles. The van der Waals surface area contributed by atoms with E-state index in [4.69, 9.17) is 14.5 Å². The Morgan fingerprint density at radius 1 is 1.04 bits per heavy atom. The lowest BCUT2D eigenvalue weighted by Gasteiger charge is -2.33. The van der Waals surface area contributed by atoms with Crippen LogP contribution in [0, 0.1) is 6.92 Å². The molecule has 1 saturated heterocycles. The van der Waals surface area contributed by atoms with Crippen molar-refractivity contribution in [2.45, 2.75) is 19.4 Å².